The van der Waals surface area contributed by atoms with Gasteiger partial charge < -0.3 is 0 Å². The van der Waals surface area contributed by atoms with Crippen molar-refractivity contribution in [1.29, 1.82) is 0 Å². The minimum Gasteiger partial charge on any atom is -0.297 e. The van der Waals surface area contributed by atoms with Gasteiger partial charge in [0.2, 0.25) is 0 Å². The summed E-state index contributed by atoms with van der Waals surface area (Å²) in [6, 6.07) is 7.36. The van der Waals surface area contributed by atoms with E-state index in [4.69, 9.17) is 11.6 Å². The predicted molar refractivity (Wildman–Crippen MR) is 95.9 cm³/mol. The van der Waals surface area contributed by atoms with E-state index in [2.05, 4.69) is 15.4 Å². The van der Waals surface area contributed by atoms with Crippen molar-refractivity contribution < 1.29 is 4.79 Å². The molecule has 3 aromatic heterocycles. The van der Waals surface area contributed by atoms with Gasteiger partial charge in [0.05, 0.1) is 20.8 Å². The Kier molecular flexibility index (Phi) is 3.37. The highest BCUT2D eigenvalue weighted by Gasteiger charge is 2.16. The molecule has 0 atom stereocenters. The van der Waals surface area contributed by atoms with Gasteiger partial charge in [0, 0.05) is 17.5 Å². The maximum absolute atomic E-state index is 12.5. The molecular formula is C15H11ClN4OS2. The Balaban J connectivity index is 1.65. The molecular weight excluding hydrogens is 352 g/mol. The molecule has 0 bridgehead atoms. The molecule has 1 aromatic carbocycles. The molecule has 0 aliphatic carbocycles. The number of nitrogens with zero attached hydrogens (tertiary/aromatic N) is 3. The summed E-state index contributed by atoms with van der Waals surface area (Å²) in [5.74, 6) is -0.157. The summed E-state index contributed by atoms with van der Waals surface area (Å²) >= 11 is 8.81. The molecule has 0 unspecified atom stereocenters. The number of rotatable bonds is 2. The van der Waals surface area contributed by atoms with Crippen LogP contribution in [0.1, 0.15) is 15.4 Å². The standard InChI is InChI=1S/C15H11ClN4OS2/c1-7-9-6-12(22-14(9)20(2)19-7)13(21)18-15-17-10-4-3-8(16)5-11(10)23-15/h3-6H,1-2H3,(H,17,18,21). The highest BCUT2D eigenvalue weighted by Crippen LogP contribution is 2.31. The number of thiophene rings is 1. The second-order valence-electron chi connectivity index (χ2n) is 5.12. The van der Waals surface area contributed by atoms with Crippen LogP contribution in [0.2, 0.25) is 5.02 Å². The fourth-order valence-electron chi connectivity index (χ4n) is 2.43. The van der Waals surface area contributed by atoms with Crippen LogP contribution in [-0.4, -0.2) is 20.7 Å². The zero-order valence-corrected chi connectivity index (χ0v) is 14.6. The molecule has 116 valence electrons. The SMILES string of the molecule is Cc1nn(C)c2sc(C(=O)Nc3nc4ccc(Cl)cc4s3)cc12. The molecule has 4 rings (SSSR count). The van der Waals surface area contributed by atoms with Gasteiger partial charge in [-0.2, -0.15) is 5.10 Å². The Morgan fingerprint density at radius 3 is 2.91 bits per heavy atom. The number of carbonyl (C=O) groups excluding carboxylic acids is 1. The number of aryl methyl sites for hydroxylation is 2. The lowest BCUT2D eigenvalue weighted by molar-refractivity contribution is 0.103. The van der Waals surface area contributed by atoms with Crippen LogP contribution in [0.4, 0.5) is 5.13 Å². The van der Waals surface area contributed by atoms with Crippen molar-refractivity contribution in [3.05, 3.63) is 39.9 Å². The molecule has 5 nitrogen and oxygen atoms in total. The number of halogens is 1. The summed E-state index contributed by atoms with van der Waals surface area (Å²) in [5.41, 5.74) is 1.75. The van der Waals surface area contributed by atoms with Crippen LogP contribution in [0.25, 0.3) is 20.4 Å². The summed E-state index contributed by atoms with van der Waals surface area (Å²) in [6.45, 7) is 1.94. The zero-order chi connectivity index (χ0) is 16.1. The van der Waals surface area contributed by atoms with Crippen molar-refractivity contribution in [1.82, 2.24) is 14.8 Å². The minimum absolute atomic E-state index is 0.157. The number of benzene rings is 1. The van der Waals surface area contributed by atoms with Gasteiger partial charge in [-0.15, -0.1) is 11.3 Å². The number of thiazole rings is 1. The summed E-state index contributed by atoms with van der Waals surface area (Å²) in [7, 11) is 1.88. The van der Waals surface area contributed by atoms with Gasteiger partial charge in [-0.05, 0) is 31.2 Å². The van der Waals surface area contributed by atoms with Crippen molar-refractivity contribution in [2.45, 2.75) is 6.92 Å². The normalized spacial score (nSPS) is 11.4. The molecule has 0 aliphatic rings. The van der Waals surface area contributed by atoms with Gasteiger partial charge >= 0.3 is 0 Å². The van der Waals surface area contributed by atoms with Gasteiger partial charge in [-0.1, -0.05) is 22.9 Å². The first-order valence-electron chi connectivity index (χ1n) is 6.82. The lowest BCUT2D eigenvalue weighted by Crippen LogP contribution is -2.09. The summed E-state index contributed by atoms with van der Waals surface area (Å²) in [4.78, 5) is 18.5. The van der Waals surface area contributed by atoms with E-state index in [1.165, 1.54) is 22.7 Å². The second-order valence-corrected chi connectivity index (χ2v) is 7.62. The quantitative estimate of drug-likeness (QED) is 0.572. The molecule has 0 spiro atoms. The predicted octanol–water partition coefficient (Wildman–Crippen LogP) is 4.46. The Bertz CT molecular complexity index is 1030. The van der Waals surface area contributed by atoms with E-state index < -0.39 is 0 Å². The van der Waals surface area contributed by atoms with E-state index in [0.717, 1.165) is 26.1 Å². The fourth-order valence-corrected chi connectivity index (χ4v) is 4.58. The number of fused-ring (bicyclic) bond motifs is 2. The topological polar surface area (TPSA) is 59.8 Å². The van der Waals surface area contributed by atoms with Crippen LogP contribution in [0.3, 0.4) is 0 Å². The lowest BCUT2D eigenvalue weighted by atomic mass is 10.3. The van der Waals surface area contributed by atoms with Crippen LogP contribution >= 0.6 is 34.3 Å². The van der Waals surface area contributed by atoms with E-state index in [9.17, 15) is 4.79 Å². The maximum Gasteiger partial charge on any atom is 0.267 e. The van der Waals surface area contributed by atoms with Crippen LogP contribution in [0.15, 0.2) is 24.3 Å². The van der Waals surface area contributed by atoms with Crippen LogP contribution in [0.5, 0.6) is 0 Å². The van der Waals surface area contributed by atoms with Crippen LogP contribution < -0.4 is 5.32 Å². The van der Waals surface area contributed by atoms with Crippen molar-refractivity contribution in [3.8, 4) is 0 Å². The molecule has 0 fully saturated rings. The Labute approximate surface area is 144 Å². The Hall–Kier alpha value is -1.96. The molecule has 8 heteroatoms. The largest absolute Gasteiger partial charge is 0.297 e. The van der Waals surface area contributed by atoms with E-state index in [0.29, 0.717) is 15.0 Å². The van der Waals surface area contributed by atoms with Gasteiger partial charge in [0.25, 0.3) is 5.91 Å². The van der Waals surface area contributed by atoms with E-state index in [1.54, 1.807) is 10.7 Å². The van der Waals surface area contributed by atoms with Crippen molar-refractivity contribution in [2.75, 3.05) is 5.32 Å². The third-order valence-electron chi connectivity index (χ3n) is 3.49. The third kappa shape index (κ3) is 2.50. The van der Waals surface area contributed by atoms with Crippen molar-refractivity contribution >= 4 is 65.7 Å². The Morgan fingerprint density at radius 2 is 2.13 bits per heavy atom. The smallest absolute Gasteiger partial charge is 0.267 e. The third-order valence-corrected chi connectivity index (χ3v) is 5.86. The monoisotopic (exact) mass is 362 g/mol. The summed E-state index contributed by atoms with van der Waals surface area (Å²) < 4.78 is 2.75. The van der Waals surface area contributed by atoms with Gasteiger partial charge in [0.15, 0.2) is 5.13 Å². The number of nitrogens with one attached hydrogen (secondary N) is 1. The number of anilines is 1. The van der Waals surface area contributed by atoms with E-state index >= 15 is 0 Å². The molecule has 0 saturated carbocycles. The molecule has 3 heterocycles. The highest BCUT2D eigenvalue weighted by atomic mass is 35.5. The van der Waals surface area contributed by atoms with Crippen LogP contribution in [0, 0.1) is 6.92 Å². The van der Waals surface area contributed by atoms with E-state index in [1.807, 2.05) is 32.2 Å². The number of hydrogen-bond acceptors (Lipinski definition) is 5. The van der Waals surface area contributed by atoms with E-state index in [-0.39, 0.29) is 5.91 Å². The fraction of sp³-hybridized carbons (Fsp3) is 0.133. The lowest BCUT2D eigenvalue weighted by Gasteiger charge is -1.97. The molecule has 0 radical (unpaired) electrons. The van der Waals surface area contributed by atoms with Crippen LogP contribution in [-0.2, 0) is 7.05 Å². The maximum atomic E-state index is 12.5. The molecule has 0 saturated heterocycles. The average molecular weight is 363 g/mol. The number of aromatic nitrogens is 3. The molecule has 0 aliphatic heterocycles. The van der Waals surface area contributed by atoms with Crippen molar-refractivity contribution in [2.24, 2.45) is 7.05 Å². The number of carbonyl (C=O) groups is 1. The number of amides is 1. The molecule has 1 amide bonds. The first kappa shape index (κ1) is 14.6. The molecule has 4 aromatic rings. The first-order chi connectivity index (χ1) is 11.0. The molecule has 23 heavy (non-hydrogen) atoms. The number of hydrogen-bond donors (Lipinski definition) is 1. The Morgan fingerprint density at radius 1 is 1.30 bits per heavy atom. The van der Waals surface area contributed by atoms with Crippen molar-refractivity contribution in [3.63, 3.8) is 0 Å². The second kappa shape index (κ2) is 5.30. The average Bonchev–Trinajstić information content (AvgIpc) is 3.15. The van der Waals surface area contributed by atoms with Gasteiger partial charge in [0.1, 0.15) is 4.83 Å². The zero-order valence-electron chi connectivity index (χ0n) is 12.3. The highest BCUT2D eigenvalue weighted by molar-refractivity contribution is 7.23. The van der Waals surface area contributed by atoms with Gasteiger partial charge in [-0.3, -0.25) is 14.8 Å². The summed E-state index contributed by atoms with van der Waals surface area (Å²) in [5, 5.41) is 9.45. The summed E-state index contributed by atoms with van der Waals surface area (Å²) in [6.07, 6.45) is 0. The first-order valence-corrected chi connectivity index (χ1v) is 8.83. The molecule has 1 N–H and O–H groups in total. The van der Waals surface area contributed by atoms with Gasteiger partial charge in [-0.25, -0.2) is 4.98 Å². The minimum atomic E-state index is -0.157.